The number of ketones is 1. The molecule has 0 spiro atoms. The summed E-state index contributed by atoms with van der Waals surface area (Å²) in [5, 5.41) is 3.54. The Hall–Kier alpha value is -1.79. The number of fused-ring (bicyclic) bond motifs is 1. The molecule has 2 aromatic rings. The van der Waals surface area contributed by atoms with Crippen molar-refractivity contribution >= 4 is 33.2 Å². The van der Waals surface area contributed by atoms with E-state index in [0.29, 0.717) is 18.0 Å². The molecule has 29 heavy (non-hydrogen) atoms. The number of benzene rings is 1. The number of unbranched alkanes of at least 4 members (excludes halogenated alkanes) is 1. The van der Waals surface area contributed by atoms with Gasteiger partial charge >= 0.3 is 0 Å². The quantitative estimate of drug-likeness (QED) is 0.463. The third-order valence-corrected chi connectivity index (χ3v) is 6.63. The summed E-state index contributed by atoms with van der Waals surface area (Å²) in [6, 6.07) is 7.21. The van der Waals surface area contributed by atoms with Gasteiger partial charge < -0.3 is 11.1 Å². The summed E-state index contributed by atoms with van der Waals surface area (Å²) in [6.07, 6.45) is 7.39. The molecular formula is C23H35N3O2S. The normalized spacial score (nSPS) is 16.6. The number of nitrogens with zero attached hydrogens (tertiary/aromatic N) is 1. The molecule has 5 nitrogen and oxygen atoms in total. The lowest BCUT2D eigenvalue weighted by molar-refractivity contribution is -0.132. The molecule has 1 atom stereocenters. The van der Waals surface area contributed by atoms with Crippen molar-refractivity contribution in [2.45, 2.75) is 78.2 Å². The molecule has 1 aliphatic rings. The molecule has 1 heterocycles. The van der Waals surface area contributed by atoms with Gasteiger partial charge in [0.25, 0.3) is 0 Å². The van der Waals surface area contributed by atoms with Gasteiger partial charge in [-0.2, -0.15) is 0 Å². The van der Waals surface area contributed by atoms with Gasteiger partial charge in [0, 0.05) is 5.41 Å². The average Bonchev–Trinajstić information content (AvgIpc) is 3.19. The van der Waals surface area contributed by atoms with E-state index in [9.17, 15) is 9.59 Å². The Kier molecular flexibility index (Phi) is 9.24. The zero-order valence-corrected chi connectivity index (χ0v) is 18.8. The summed E-state index contributed by atoms with van der Waals surface area (Å²) in [7, 11) is 0. The predicted molar refractivity (Wildman–Crippen MR) is 121 cm³/mol. The van der Waals surface area contributed by atoms with E-state index in [1.54, 1.807) is 0 Å². The van der Waals surface area contributed by atoms with E-state index >= 15 is 0 Å². The first-order valence-corrected chi connectivity index (χ1v) is 11.8. The molecule has 3 N–H and O–H groups in total. The van der Waals surface area contributed by atoms with Crippen LogP contribution < -0.4 is 11.1 Å². The molecule has 6 heteroatoms. The van der Waals surface area contributed by atoms with Crippen LogP contribution in [0.2, 0.25) is 0 Å². The minimum Gasteiger partial charge on any atom is -0.345 e. The first-order chi connectivity index (χ1) is 14.0. The molecule has 0 aliphatic heterocycles. The Morgan fingerprint density at radius 2 is 1.86 bits per heavy atom. The van der Waals surface area contributed by atoms with Gasteiger partial charge in [0.2, 0.25) is 11.7 Å². The largest absolute Gasteiger partial charge is 0.345 e. The lowest BCUT2D eigenvalue weighted by atomic mass is 9.75. The number of Topliss-reactive ketones (excluding diaryl/α,β-unsaturated/α-hetero) is 1. The second-order valence-corrected chi connectivity index (χ2v) is 8.81. The standard InChI is InChI=1S/C21H29N3O2S.C2H6/c1-21(12-6-2-7-13-21)20(26)24-16(10-5-8-14-22)18(25)19-23-15-9-3-4-11-17(15)27-19;1-2/h3-4,9,11,16H,2,5-8,10,12-14,22H2,1H3,(H,24,26);1-2H3. The molecule has 1 saturated carbocycles. The van der Waals surface area contributed by atoms with Crippen molar-refractivity contribution in [1.82, 2.24) is 10.3 Å². The Balaban J connectivity index is 0.00000145. The molecule has 0 radical (unpaired) electrons. The van der Waals surface area contributed by atoms with E-state index < -0.39 is 6.04 Å². The van der Waals surface area contributed by atoms with E-state index in [1.165, 1.54) is 17.8 Å². The van der Waals surface area contributed by atoms with Crippen molar-refractivity contribution in [1.29, 1.82) is 0 Å². The van der Waals surface area contributed by atoms with Gasteiger partial charge in [-0.25, -0.2) is 4.98 Å². The molecule has 1 unspecified atom stereocenters. The van der Waals surface area contributed by atoms with Crippen LogP contribution in [0.15, 0.2) is 24.3 Å². The highest BCUT2D eigenvalue weighted by Gasteiger charge is 2.37. The molecule has 1 aromatic carbocycles. The molecular weight excluding hydrogens is 382 g/mol. The highest BCUT2D eigenvalue weighted by atomic mass is 32.1. The number of hydrogen-bond donors (Lipinski definition) is 2. The molecule has 1 fully saturated rings. The predicted octanol–water partition coefficient (Wildman–Crippen LogP) is 5.09. The third kappa shape index (κ3) is 6.09. The number of nitrogens with two attached hydrogens (primary N) is 1. The number of carbonyl (C=O) groups excluding carboxylic acids is 2. The molecule has 160 valence electrons. The lowest BCUT2D eigenvalue weighted by Crippen LogP contribution is -2.48. The van der Waals surface area contributed by atoms with E-state index in [2.05, 4.69) is 10.3 Å². The van der Waals surface area contributed by atoms with Crippen LogP contribution in [0.5, 0.6) is 0 Å². The van der Waals surface area contributed by atoms with E-state index in [-0.39, 0.29) is 17.1 Å². The van der Waals surface area contributed by atoms with E-state index in [4.69, 9.17) is 5.73 Å². The van der Waals surface area contributed by atoms with Crippen LogP contribution in [0.25, 0.3) is 10.2 Å². The maximum Gasteiger partial charge on any atom is 0.226 e. The maximum absolute atomic E-state index is 13.1. The van der Waals surface area contributed by atoms with Crippen molar-refractivity contribution in [3.05, 3.63) is 29.3 Å². The molecule has 3 rings (SSSR count). The highest BCUT2D eigenvalue weighted by Crippen LogP contribution is 2.36. The fraction of sp³-hybridized carbons (Fsp3) is 0.609. The summed E-state index contributed by atoms with van der Waals surface area (Å²) in [5.41, 5.74) is 6.08. The maximum atomic E-state index is 13.1. The Morgan fingerprint density at radius 3 is 2.52 bits per heavy atom. The topological polar surface area (TPSA) is 85.1 Å². The van der Waals surface area contributed by atoms with Gasteiger partial charge in [-0.1, -0.05) is 52.2 Å². The van der Waals surface area contributed by atoms with Gasteiger partial charge in [0.05, 0.1) is 16.3 Å². The van der Waals surface area contributed by atoms with Crippen molar-refractivity contribution in [3.63, 3.8) is 0 Å². The number of hydrogen-bond acceptors (Lipinski definition) is 5. The third-order valence-electron chi connectivity index (χ3n) is 5.58. The summed E-state index contributed by atoms with van der Waals surface area (Å²) in [5.74, 6) is -0.0737. The van der Waals surface area contributed by atoms with Gasteiger partial charge in [0.1, 0.15) is 0 Å². The summed E-state index contributed by atoms with van der Waals surface area (Å²) < 4.78 is 0.993. The first-order valence-electron chi connectivity index (χ1n) is 10.9. The second kappa shape index (κ2) is 11.4. The van der Waals surface area contributed by atoms with Crippen molar-refractivity contribution < 1.29 is 9.59 Å². The van der Waals surface area contributed by atoms with E-state index in [0.717, 1.165) is 48.7 Å². The Bertz CT molecular complexity index is 763. The van der Waals surface area contributed by atoms with Gasteiger partial charge in [-0.3, -0.25) is 9.59 Å². The van der Waals surface area contributed by atoms with Crippen LogP contribution in [0, 0.1) is 5.41 Å². The monoisotopic (exact) mass is 417 g/mol. The van der Waals surface area contributed by atoms with Crippen LogP contribution >= 0.6 is 11.3 Å². The number of thiazole rings is 1. The summed E-state index contributed by atoms with van der Waals surface area (Å²) in [4.78, 5) is 30.6. The van der Waals surface area contributed by atoms with Crippen LogP contribution in [-0.4, -0.2) is 29.3 Å². The van der Waals surface area contributed by atoms with Crippen molar-refractivity contribution in [2.75, 3.05) is 6.54 Å². The minimum absolute atomic E-state index is 0.00871. The lowest BCUT2D eigenvalue weighted by Gasteiger charge is -2.33. The van der Waals surface area contributed by atoms with Crippen LogP contribution in [-0.2, 0) is 4.79 Å². The van der Waals surface area contributed by atoms with Crippen LogP contribution in [0.3, 0.4) is 0 Å². The minimum atomic E-state index is -0.525. The number of aromatic nitrogens is 1. The molecule has 1 aromatic heterocycles. The number of para-hydroxylation sites is 1. The zero-order chi connectivity index (χ0) is 21.3. The number of nitrogens with one attached hydrogen (secondary N) is 1. The van der Waals surface area contributed by atoms with E-state index in [1.807, 2.05) is 45.0 Å². The Labute approximate surface area is 178 Å². The number of amides is 1. The molecule has 1 amide bonds. The fourth-order valence-corrected chi connectivity index (χ4v) is 4.74. The highest BCUT2D eigenvalue weighted by molar-refractivity contribution is 7.20. The molecule has 0 bridgehead atoms. The smallest absolute Gasteiger partial charge is 0.226 e. The molecule has 0 saturated heterocycles. The SMILES string of the molecule is CC.CC1(C(=O)NC(CCCCN)C(=O)c2nc3ccccc3s2)CCCCC1. The molecule has 1 aliphatic carbocycles. The number of carbonyl (C=O) groups is 2. The van der Waals surface area contributed by atoms with Crippen LogP contribution in [0.4, 0.5) is 0 Å². The first kappa shape index (κ1) is 23.5. The van der Waals surface area contributed by atoms with Gasteiger partial charge in [-0.05, 0) is 50.8 Å². The number of rotatable bonds is 8. The van der Waals surface area contributed by atoms with Gasteiger partial charge in [0.15, 0.2) is 5.01 Å². The average molecular weight is 418 g/mol. The van der Waals surface area contributed by atoms with Crippen LogP contribution in [0.1, 0.15) is 81.9 Å². The Morgan fingerprint density at radius 1 is 1.17 bits per heavy atom. The van der Waals surface area contributed by atoms with Gasteiger partial charge in [-0.15, -0.1) is 11.3 Å². The second-order valence-electron chi connectivity index (χ2n) is 7.78. The van der Waals surface area contributed by atoms with Crippen molar-refractivity contribution in [2.24, 2.45) is 11.1 Å². The summed E-state index contributed by atoms with van der Waals surface area (Å²) in [6.45, 7) is 6.62. The zero-order valence-electron chi connectivity index (χ0n) is 18.0. The van der Waals surface area contributed by atoms with Crippen molar-refractivity contribution in [3.8, 4) is 0 Å². The summed E-state index contributed by atoms with van der Waals surface area (Å²) >= 11 is 1.40. The fourth-order valence-electron chi connectivity index (χ4n) is 3.78.